The predicted octanol–water partition coefficient (Wildman–Crippen LogP) is 3.33. The SMILES string of the molecule is CCCc1nc(NC)c(C)c(NCC(C)(C)SC)n1. The molecule has 0 saturated heterocycles. The maximum absolute atomic E-state index is 4.64. The molecule has 0 saturated carbocycles. The average Bonchev–Trinajstić information content (AvgIpc) is 2.39. The van der Waals surface area contributed by atoms with Crippen molar-refractivity contribution >= 4 is 23.4 Å². The first kappa shape index (κ1) is 16.1. The molecule has 0 fully saturated rings. The topological polar surface area (TPSA) is 49.8 Å². The highest BCUT2D eigenvalue weighted by molar-refractivity contribution is 7.99. The van der Waals surface area contributed by atoms with Gasteiger partial charge in [-0.1, -0.05) is 6.92 Å². The van der Waals surface area contributed by atoms with Crippen LogP contribution in [0.5, 0.6) is 0 Å². The van der Waals surface area contributed by atoms with Crippen molar-refractivity contribution in [2.75, 3.05) is 30.5 Å². The van der Waals surface area contributed by atoms with Crippen molar-refractivity contribution in [2.45, 2.75) is 45.3 Å². The second-order valence-corrected chi connectivity index (χ2v) is 6.79. The van der Waals surface area contributed by atoms with E-state index < -0.39 is 0 Å². The maximum atomic E-state index is 4.64. The lowest BCUT2D eigenvalue weighted by atomic mass is 10.2. The Morgan fingerprint density at radius 3 is 2.37 bits per heavy atom. The Balaban J connectivity index is 2.95. The van der Waals surface area contributed by atoms with Gasteiger partial charge in [0.25, 0.3) is 0 Å². The summed E-state index contributed by atoms with van der Waals surface area (Å²) in [5, 5.41) is 6.61. The van der Waals surface area contributed by atoms with Crippen LogP contribution in [-0.4, -0.2) is 34.6 Å². The van der Waals surface area contributed by atoms with Crippen LogP contribution in [0.1, 0.15) is 38.6 Å². The molecule has 19 heavy (non-hydrogen) atoms. The highest BCUT2D eigenvalue weighted by atomic mass is 32.2. The van der Waals surface area contributed by atoms with Crippen LogP contribution in [0.2, 0.25) is 0 Å². The molecule has 0 bridgehead atoms. The Morgan fingerprint density at radius 1 is 1.21 bits per heavy atom. The van der Waals surface area contributed by atoms with E-state index in [9.17, 15) is 0 Å². The van der Waals surface area contributed by atoms with Crippen molar-refractivity contribution < 1.29 is 0 Å². The fourth-order valence-electron chi connectivity index (χ4n) is 1.68. The highest BCUT2D eigenvalue weighted by Gasteiger charge is 2.17. The summed E-state index contributed by atoms with van der Waals surface area (Å²) >= 11 is 1.86. The molecule has 108 valence electrons. The third-order valence-electron chi connectivity index (χ3n) is 3.14. The van der Waals surface area contributed by atoms with E-state index in [-0.39, 0.29) is 4.75 Å². The quantitative estimate of drug-likeness (QED) is 0.803. The zero-order chi connectivity index (χ0) is 14.5. The van der Waals surface area contributed by atoms with E-state index in [0.717, 1.165) is 42.4 Å². The van der Waals surface area contributed by atoms with Gasteiger partial charge in [-0.2, -0.15) is 11.8 Å². The van der Waals surface area contributed by atoms with Gasteiger partial charge in [0.1, 0.15) is 17.5 Å². The minimum Gasteiger partial charge on any atom is -0.373 e. The summed E-state index contributed by atoms with van der Waals surface area (Å²) in [4.78, 5) is 9.17. The lowest BCUT2D eigenvalue weighted by Crippen LogP contribution is -2.27. The normalized spacial score (nSPS) is 11.5. The zero-order valence-corrected chi connectivity index (χ0v) is 13.7. The van der Waals surface area contributed by atoms with Crippen LogP contribution in [0.25, 0.3) is 0 Å². The molecule has 0 radical (unpaired) electrons. The lowest BCUT2D eigenvalue weighted by molar-refractivity contribution is 0.745. The summed E-state index contributed by atoms with van der Waals surface area (Å²) < 4.78 is 0.197. The third kappa shape index (κ3) is 4.56. The summed E-state index contributed by atoms with van der Waals surface area (Å²) in [6.45, 7) is 9.54. The van der Waals surface area contributed by atoms with Gasteiger partial charge in [0, 0.05) is 30.3 Å². The van der Waals surface area contributed by atoms with Crippen molar-refractivity contribution in [3.05, 3.63) is 11.4 Å². The smallest absolute Gasteiger partial charge is 0.134 e. The molecule has 1 aromatic heterocycles. The van der Waals surface area contributed by atoms with E-state index in [1.54, 1.807) is 0 Å². The van der Waals surface area contributed by atoms with Crippen molar-refractivity contribution in [2.24, 2.45) is 0 Å². The molecule has 0 aliphatic carbocycles. The third-order valence-corrected chi connectivity index (χ3v) is 4.39. The van der Waals surface area contributed by atoms with Crippen LogP contribution >= 0.6 is 11.8 Å². The van der Waals surface area contributed by atoms with Crippen LogP contribution in [0.4, 0.5) is 11.6 Å². The first-order valence-electron chi connectivity index (χ1n) is 6.77. The molecule has 1 aromatic rings. The van der Waals surface area contributed by atoms with Gasteiger partial charge >= 0.3 is 0 Å². The number of anilines is 2. The molecular weight excluding hydrogens is 256 g/mol. The molecule has 0 aliphatic heterocycles. The molecule has 4 nitrogen and oxygen atoms in total. The van der Waals surface area contributed by atoms with Crippen molar-refractivity contribution in [3.8, 4) is 0 Å². The number of nitrogens with one attached hydrogen (secondary N) is 2. The van der Waals surface area contributed by atoms with Gasteiger partial charge in [-0.15, -0.1) is 0 Å². The summed E-state index contributed by atoms with van der Waals surface area (Å²) in [6, 6.07) is 0. The van der Waals surface area contributed by atoms with Gasteiger partial charge in [0.15, 0.2) is 0 Å². The Hall–Kier alpha value is -0.970. The summed E-state index contributed by atoms with van der Waals surface area (Å²) in [6.07, 6.45) is 4.10. The van der Waals surface area contributed by atoms with Crippen LogP contribution < -0.4 is 10.6 Å². The minimum atomic E-state index is 0.197. The summed E-state index contributed by atoms with van der Waals surface area (Å²) in [5.74, 6) is 2.77. The molecular formula is C14H26N4S. The van der Waals surface area contributed by atoms with Gasteiger partial charge in [-0.25, -0.2) is 9.97 Å². The van der Waals surface area contributed by atoms with Gasteiger partial charge in [0.2, 0.25) is 0 Å². The average molecular weight is 282 g/mol. The van der Waals surface area contributed by atoms with Gasteiger partial charge < -0.3 is 10.6 Å². The molecule has 0 spiro atoms. The van der Waals surface area contributed by atoms with E-state index in [1.165, 1.54) is 0 Å². The van der Waals surface area contributed by atoms with Crippen LogP contribution in [0, 0.1) is 6.92 Å². The number of aryl methyl sites for hydroxylation is 1. The molecule has 0 aliphatic rings. The molecule has 1 rings (SSSR count). The van der Waals surface area contributed by atoms with E-state index in [0.29, 0.717) is 0 Å². The van der Waals surface area contributed by atoms with Crippen molar-refractivity contribution in [1.82, 2.24) is 9.97 Å². The summed E-state index contributed by atoms with van der Waals surface area (Å²) in [7, 11) is 1.90. The summed E-state index contributed by atoms with van der Waals surface area (Å²) in [5.41, 5.74) is 1.08. The van der Waals surface area contributed by atoms with E-state index in [4.69, 9.17) is 0 Å². The fraction of sp³-hybridized carbons (Fsp3) is 0.714. The number of rotatable bonds is 7. The second kappa shape index (κ2) is 6.98. The number of hydrogen-bond acceptors (Lipinski definition) is 5. The monoisotopic (exact) mass is 282 g/mol. The first-order valence-corrected chi connectivity index (χ1v) is 8.00. The number of nitrogens with zero attached hydrogens (tertiary/aromatic N) is 2. The largest absolute Gasteiger partial charge is 0.373 e. The first-order chi connectivity index (χ1) is 8.93. The number of aromatic nitrogens is 2. The molecule has 0 unspecified atom stereocenters. The van der Waals surface area contributed by atoms with E-state index >= 15 is 0 Å². The highest BCUT2D eigenvalue weighted by Crippen LogP contribution is 2.24. The number of hydrogen-bond donors (Lipinski definition) is 2. The Kier molecular flexibility index (Phi) is 5.91. The van der Waals surface area contributed by atoms with Gasteiger partial charge in [-0.05, 0) is 33.4 Å². The minimum absolute atomic E-state index is 0.197. The molecule has 0 atom stereocenters. The van der Waals surface area contributed by atoms with Crippen LogP contribution in [-0.2, 0) is 6.42 Å². The molecule has 0 amide bonds. The molecule has 0 aromatic carbocycles. The molecule has 1 heterocycles. The van der Waals surface area contributed by atoms with E-state index in [2.05, 4.69) is 54.6 Å². The molecule has 5 heteroatoms. The Morgan fingerprint density at radius 2 is 1.84 bits per heavy atom. The van der Waals surface area contributed by atoms with E-state index in [1.807, 2.05) is 18.8 Å². The van der Waals surface area contributed by atoms with Crippen molar-refractivity contribution in [1.29, 1.82) is 0 Å². The van der Waals surface area contributed by atoms with Gasteiger partial charge in [-0.3, -0.25) is 0 Å². The predicted molar refractivity (Wildman–Crippen MR) is 86.4 cm³/mol. The van der Waals surface area contributed by atoms with Crippen LogP contribution in [0.3, 0.4) is 0 Å². The van der Waals surface area contributed by atoms with Gasteiger partial charge in [0.05, 0.1) is 0 Å². The lowest BCUT2D eigenvalue weighted by Gasteiger charge is -2.23. The molecule has 2 N–H and O–H groups in total. The second-order valence-electron chi connectivity index (χ2n) is 5.28. The Bertz CT molecular complexity index is 418. The standard InChI is InChI=1S/C14H26N4S/c1-7-8-11-17-12(15-5)10(2)13(18-11)16-9-14(3,4)19-6/h7-9H2,1-6H3,(H2,15,16,17,18). The Labute approximate surface area is 121 Å². The maximum Gasteiger partial charge on any atom is 0.134 e. The zero-order valence-electron chi connectivity index (χ0n) is 12.9. The number of thioether (sulfide) groups is 1. The van der Waals surface area contributed by atoms with Crippen LogP contribution in [0.15, 0.2) is 0 Å². The fourth-order valence-corrected chi connectivity index (χ4v) is 1.90. The van der Waals surface area contributed by atoms with Crippen molar-refractivity contribution in [3.63, 3.8) is 0 Å².